The van der Waals surface area contributed by atoms with Crippen molar-refractivity contribution < 1.29 is 9.13 Å². The molecule has 0 aliphatic carbocycles. The summed E-state index contributed by atoms with van der Waals surface area (Å²) in [6.45, 7) is 2.40. The van der Waals surface area contributed by atoms with Crippen LogP contribution in [0.1, 0.15) is 29.7 Å². The topological polar surface area (TPSA) is 45.0 Å². The summed E-state index contributed by atoms with van der Waals surface area (Å²) >= 11 is 0. The van der Waals surface area contributed by atoms with E-state index in [-0.39, 0.29) is 11.9 Å². The lowest BCUT2D eigenvalue weighted by atomic mass is 10.1. The van der Waals surface area contributed by atoms with Crippen LogP contribution in [0.5, 0.6) is 5.75 Å². The van der Waals surface area contributed by atoms with Gasteiger partial charge in [-0.3, -0.25) is 0 Å². The standard InChI is InChI=1S/C17H17FN2O/c1-12(15-5-3-4-6-16(15)18)20-11-14-9-13(10-19)7-8-17(14)21-2/h3-9,12,20H,11H2,1-2H3. The first-order valence-corrected chi connectivity index (χ1v) is 6.70. The van der Waals surface area contributed by atoms with Gasteiger partial charge in [0, 0.05) is 23.7 Å². The van der Waals surface area contributed by atoms with Crippen LogP contribution in [0, 0.1) is 17.1 Å². The second-order valence-corrected chi connectivity index (χ2v) is 4.76. The molecular formula is C17H17FN2O. The van der Waals surface area contributed by atoms with Gasteiger partial charge < -0.3 is 10.1 Å². The normalized spacial score (nSPS) is 11.7. The Kier molecular flexibility index (Phi) is 4.91. The fourth-order valence-electron chi connectivity index (χ4n) is 2.19. The van der Waals surface area contributed by atoms with Crippen molar-refractivity contribution in [3.8, 4) is 11.8 Å². The van der Waals surface area contributed by atoms with Crippen molar-refractivity contribution in [1.29, 1.82) is 5.26 Å². The molecule has 0 heterocycles. The van der Waals surface area contributed by atoms with Gasteiger partial charge in [-0.25, -0.2) is 4.39 Å². The average Bonchev–Trinajstić information content (AvgIpc) is 2.52. The third kappa shape index (κ3) is 3.59. The van der Waals surface area contributed by atoms with Crippen LogP contribution in [-0.4, -0.2) is 7.11 Å². The number of ether oxygens (including phenoxy) is 1. The molecule has 21 heavy (non-hydrogen) atoms. The van der Waals surface area contributed by atoms with Crippen LogP contribution >= 0.6 is 0 Å². The van der Waals surface area contributed by atoms with E-state index in [0.29, 0.717) is 23.4 Å². The summed E-state index contributed by atoms with van der Waals surface area (Å²) < 4.78 is 19.0. The number of nitrogens with zero attached hydrogens (tertiary/aromatic N) is 1. The van der Waals surface area contributed by atoms with E-state index in [2.05, 4.69) is 11.4 Å². The Morgan fingerprint density at radius 2 is 2.05 bits per heavy atom. The number of rotatable bonds is 5. The number of halogens is 1. The Balaban J connectivity index is 2.13. The zero-order chi connectivity index (χ0) is 15.2. The fourth-order valence-corrected chi connectivity index (χ4v) is 2.19. The maximum Gasteiger partial charge on any atom is 0.127 e. The number of nitrogens with one attached hydrogen (secondary N) is 1. The van der Waals surface area contributed by atoms with E-state index in [1.165, 1.54) is 6.07 Å². The molecule has 0 aliphatic heterocycles. The SMILES string of the molecule is COc1ccc(C#N)cc1CNC(C)c1ccccc1F. The Bertz CT molecular complexity index is 664. The second-order valence-electron chi connectivity index (χ2n) is 4.76. The van der Waals surface area contributed by atoms with Crippen molar-refractivity contribution in [2.24, 2.45) is 0 Å². The van der Waals surface area contributed by atoms with Gasteiger partial charge in [0.2, 0.25) is 0 Å². The van der Waals surface area contributed by atoms with E-state index < -0.39 is 0 Å². The van der Waals surface area contributed by atoms with Crippen molar-refractivity contribution in [2.75, 3.05) is 7.11 Å². The molecule has 2 aromatic rings. The van der Waals surface area contributed by atoms with Crippen molar-refractivity contribution in [1.82, 2.24) is 5.32 Å². The van der Waals surface area contributed by atoms with E-state index in [1.807, 2.05) is 13.0 Å². The molecule has 2 rings (SSSR count). The van der Waals surface area contributed by atoms with E-state index in [0.717, 1.165) is 5.56 Å². The molecule has 1 atom stereocenters. The smallest absolute Gasteiger partial charge is 0.127 e. The van der Waals surface area contributed by atoms with E-state index >= 15 is 0 Å². The van der Waals surface area contributed by atoms with Crippen molar-refractivity contribution in [3.63, 3.8) is 0 Å². The maximum atomic E-state index is 13.7. The lowest BCUT2D eigenvalue weighted by Gasteiger charge is -2.16. The molecule has 0 fully saturated rings. The Morgan fingerprint density at radius 1 is 1.29 bits per heavy atom. The molecule has 0 saturated carbocycles. The van der Waals surface area contributed by atoms with Crippen molar-refractivity contribution >= 4 is 0 Å². The maximum absolute atomic E-state index is 13.7. The average molecular weight is 284 g/mol. The van der Waals surface area contributed by atoms with Gasteiger partial charge in [0.25, 0.3) is 0 Å². The molecule has 0 radical (unpaired) electrons. The summed E-state index contributed by atoms with van der Waals surface area (Å²) in [6.07, 6.45) is 0. The first-order valence-electron chi connectivity index (χ1n) is 6.70. The predicted molar refractivity (Wildman–Crippen MR) is 79.4 cm³/mol. The zero-order valence-corrected chi connectivity index (χ0v) is 12.1. The number of hydrogen-bond donors (Lipinski definition) is 1. The van der Waals surface area contributed by atoms with Crippen molar-refractivity contribution in [2.45, 2.75) is 19.5 Å². The molecule has 1 unspecified atom stereocenters. The highest BCUT2D eigenvalue weighted by molar-refractivity contribution is 5.42. The first-order chi connectivity index (χ1) is 10.2. The molecule has 108 valence electrons. The first kappa shape index (κ1) is 15.0. The second kappa shape index (κ2) is 6.87. The number of nitriles is 1. The van der Waals surface area contributed by atoms with Gasteiger partial charge in [0.1, 0.15) is 11.6 Å². The molecule has 2 aromatic carbocycles. The number of methoxy groups -OCH3 is 1. The summed E-state index contributed by atoms with van der Waals surface area (Å²) in [6, 6.07) is 13.9. The van der Waals surface area contributed by atoms with Gasteiger partial charge in [0.15, 0.2) is 0 Å². The van der Waals surface area contributed by atoms with E-state index in [1.54, 1.807) is 37.4 Å². The fraction of sp³-hybridized carbons (Fsp3) is 0.235. The van der Waals surface area contributed by atoms with Crippen LogP contribution in [0.3, 0.4) is 0 Å². The lowest BCUT2D eigenvalue weighted by molar-refractivity contribution is 0.405. The van der Waals surface area contributed by atoms with Gasteiger partial charge in [0.05, 0.1) is 18.7 Å². The van der Waals surface area contributed by atoms with Gasteiger partial charge >= 0.3 is 0 Å². The third-order valence-electron chi connectivity index (χ3n) is 3.38. The molecule has 0 saturated heterocycles. The summed E-state index contributed by atoms with van der Waals surface area (Å²) in [4.78, 5) is 0. The van der Waals surface area contributed by atoms with Crippen LogP contribution in [0.2, 0.25) is 0 Å². The molecule has 3 nitrogen and oxygen atoms in total. The molecule has 4 heteroatoms. The highest BCUT2D eigenvalue weighted by Crippen LogP contribution is 2.22. The minimum Gasteiger partial charge on any atom is -0.496 e. The van der Waals surface area contributed by atoms with Gasteiger partial charge in [-0.1, -0.05) is 18.2 Å². The molecule has 0 amide bonds. The molecule has 0 bridgehead atoms. The van der Waals surface area contributed by atoms with E-state index in [9.17, 15) is 4.39 Å². The molecule has 0 aromatic heterocycles. The number of benzene rings is 2. The van der Waals surface area contributed by atoms with Gasteiger partial charge in [-0.05, 0) is 31.2 Å². The Morgan fingerprint density at radius 3 is 2.71 bits per heavy atom. The number of hydrogen-bond acceptors (Lipinski definition) is 3. The summed E-state index contributed by atoms with van der Waals surface area (Å²) in [5, 5.41) is 12.2. The lowest BCUT2D eigenvalue weighted by Crippen LogP contribution is -2.19. The third-order valence-corrected chi connectivity index (χ3v) is 3.38. The highest BCUT2D eigenvalue weighted by atomic mass is 19.1. The monoisotopic (exact) mass is 284 g/mol. The predicted octanol–water partition coefficient (Wildman–Crippen LogP) is 3.56. The van der Waals surface area contributed by atoms with Crippen LogP contribution in [0.15, 0.2) is 42.5 Å². The Hall–Kier alpha value is -2.38. The van der Waals surface area contributed by atoms with Crippen LogP contribution in [-0.2, 0) is 6.54 Å². The quantitative estimate of drug-likeness (QED) is 0.913. The van der Waals surface area contributed by atoms with Crippen LogP contribution < -0.4 is 10.1 Å². The summed E-state index contributed by atoms with van der Waals surface area (Å²) in [5.74, 6) is 0.484. The van der Waals surface area contributed by atoms with E-state index in [4.69, 9.17) is 10.00 Å². The summed E-state index contributed by atoms with van der Waals surface area (Å²) in [5.41, 5.74) is 2.07. The largest absolute Gasteiger partial charge is 0.496 e. The minimum absolute atomic E-state index is 0.137. The van der Waals surface area contributed by atoms with Gasteiger partial charge in [-0.2, -0.15) is 5.26 Å². The van der Waals surface area contributed by atoms with Crippen molar-refractivity contribution in [3.05, 3.63) is 65.0 Å². The molecule has 1 N–H and O–H groups in total. The highest BCUT2D eigenvalue weighted by Gasteiger charge is 2.11. The molecular weight excluding hydrogens is 267 g/mol. The summed E-state index contributed by atoms with van der Waals surface area (Å²) in [7, 11) is 1.59. The zero-order valence-electron chi connectivity index (χ0n) is 12.1. The van der Waals surface area contributed by atoms with Gasteiger partial charge in [-0.15, -0.1) is 0 Å². The Labute approximate surface area is 124 Å². The van der Waals surface area contributed by atoms with Crippen LogP contribution in [0.4, 0.5) is 4.39 Å². The molecule has 0 spiro atoms. The molecule has 0 aliphatic rings. The van der Waals surface area contributed by atoms with Crippen LogP contribution in [0.25, 0.3) is 0 Å². The minimum atomic E-state index is -0.227.